The van der Waals surface area contributed by atoms with Crippen molar-refractivity contribution in [1.29, 1.82) is 0 Å². The van der Waals surface area contributed by atoms with Gasteiger partial charge in [-0.3, -0.25) is 0 Å². The zero-order valence-electron chi connectivity index (χ0n) is 10.8. The highest BCUT2D eigenvalue weighted by Crippen LogP contribution is 2.20. The molecule has 0 bridgehead atoms. The Morgan fingerprint density at radius 3 is 2.59 bits per heavy atom. The maximum atomic E-state index is 13.4. The summed E-state index contributed by atoms with van der Waals surface area (Å²) in [5, 5.41) is 0. The van der Waals surface area contributed by atoms with Crippen molar-refractivity contribution in [3.05, 3.63) is 30.1 Å². The molecule has 0 aliphatic carbocycles. The number of rotatable bonds is 8. The molecule has 1 nitrogen and oxygen atoms in total. The first-order chi connectivity index (χ1) is 8.27. The molecule has 0 saturated heterocycles. The Morgan fingerprint density at radius 1 is 1.18 bits per heavy atom. The molecular formula is C14H22FNS. The number of halogens is 1. The second-order valence-electron chi connectivity index (χ2n) is 4.07. The minimum absolute atomic E-state index is 0.103. The van der Waals surface area contributed by atoms with Gasteiger partial charge in [0.25, 0.3) is 0 Å². The van der Waals surface area contributed by atoms with Crippen LogP contribution in [0.25, 0.3) is 0 Å². The first kappa shape index (κ1) is 14.5. The smallest absolute Gasteiger partial charge is 0.136 e. The van der Waals surface area contributed by atoms with E-state index in [1.165, 1.54) is 18.9 Å². The minimum Gasteiger partial charge on any atom is -0.303 e. The third kappa shape index (κ3) is 5.55. The van der Waals surface area contributed by atoms with Gasteiger partial charge in [0.1, 0.15) is 5.82 Å². The summed E-state index contributed by atoms with van der Waals surface area (Å²) in [6.45, 7) is 7.67. The van der Waals surface area contributed by atoms with Crippen molar-refractivity contribution in [2.75, 3.05) is 25.4 Å². The van der Waals surface area contributed by atoms with Crippen LogP contribution in [0.4, 0.5) is 4.39 Å². The van der Waals surface area contributed by atoms with Crippen LogP contribution in [0.3, 0.4) is 0 Å². The Hall–Kier alpha value is -0.540. The van der Waals surface area contributed by atoms with E-state index in [0.717, 1.165) is 30.3 Å². The molecule has 96 valence electrons. The van der Waals surface area contributed by atoms with Crippen molar-refractivity contribution in [2.24, 2.45) is 0 Å². The highest BCUT2D eigenvalue weighted by molar-refractivity contribution is 7.99. The average Bonchev–Trinajstić information content (AvgIpc) is 2.35. The van der Waals surface area contributed by atoms with Crippen LogP contribution in [0.15, 0.2) is 29.2 Å². The van der Waals surface area contributed by atoms with Crippen LogP contribution in [0, 0.1) is 5.82 Å². The van der Waals surface area contributed by atoms with Gasteiger partial charge in [-0.2, -0.15) is 0 Å². The first-order valence-electron chi connectivity index (χ1n) is 6.37. The summed E-state index contributed by atoms with van der Waals surface area (Å²) in [4.78, 5) is 3.19. The second-order valence-corrected chi connectivity index (χ2v) is 5.20. The summed E-state index contributed by atoms with van der Waals surface area (Å²) in [5.41, 5.74) is 0. The van der Waals surface area contributed by atoms with Gasteiger partial charge in [0.15, 0.2) is 0 Å². The number of hydrogen-bond acceptors (Lipinski definition) is 2. The standard InChI is InChI=1S/C14H22FNS/c1-3-5-10-16(4-2)11-12-17-14-9-7-6-8-13(14)15/h6-9H,3-5,10-12H2,1-2H3. The summed E-state index contributed by atoms with van der Waals surface area (Å²) in [6.07, 6.45) is 2.48. The molecule has 0 aliphatic heterocycles. The van der Waals surface area contributed by atoms with Crippen LogP contribution >= 0.6 is 11.8 Å². The van der Waals surface area contributed by atoms with Gasteiger partial charge in [0, 0.05) is 17.2 Å². The Kier molecular flexibility index (Phi) is 7.29. The van der Waals surface area contributed by atoms with Crippen LogP contribution in [0.5, 0.6) is 0 Å². The van der Waals surface area contributed by atoms with E-state index in [2.05, 4.69) is 18.7 Å². The van der Waals surface area contributed by atoms with E-state index in [1.54, 1.807) is 17.8 Å². The molecule has 0 fully saturated rings. The predicted molar refractivity (Wildman–Crippen MR) is 74.1 cm³/mol. The number of hydrogen-bond donors (Lipinski definition) is 0. The van der Waals surface area contributed by atoms with Gasteiger partial charge in [-0.25, -0.2) is 4.39 Å². The lowest BCUT2D eigenvalue weighted by Gasteiger charge is -2.19. The van der Waals surface area contributed by atoms with Crippen molar-refractivity contribution in [3.63, 3.8) is 0 Å². The molecule has 3 heteroatoms. The summed E-state index contributed by atoms with van der Waals surface area (Å²) in [5.74, 6) is 0.854. The number of thioether (sulfide) groups is 1. The third-order valence-corrected chi connectivity index (χ3v) is 3.81. The first-order valence-corrected chi connectivity index (χ1v) is 7.36. The minimum atomic E-state index is -0.103. The van der Waals surface area contributed by atoms with E-state index in [-0.39, 0.29) is 5.82 Å². The monoisotopic (exact) mass is 255 g/mol. The lowest BCUT2D eigenvalue weighted by Crippen LogP contribution is -2.26. The lowest BCUT2D eigenvalue weighted by atomic mass is 10.3. The Balaban J connectivity index is 2.28. The van der Waals surface area contributed by atoms with E-state index in [0.29, 0.717) is 0 Å². The van der Waals surface area contributed by atoms with Crippen molar-refractivity contribution < 1.29 is 4.39 Å². The summed E-state index contributed by atoms with van der Waals surface area (Å²) in [6, 6.07) is 7.00. The highest BCUT2D eigenvalue weighted by atomic mass is 32.2. The summed E-state index contributed by atoms with van der Waals surface area (Å²) in [7, 11) is 0. The molecule has 1 aromatic carbocycles. The fourth-order valence-electron chi connectivity index (χ4n) is 1.66. The van der Waals surface area contributed by atoms with Crippen molar-refractivity contribution in [2.45, 2.75) is 31.6 Å². The maximum Gasteiger partial charge on any atom is 0.136 e. The summed E-state index contributed by atoms with van der Waals surface area (Å²) < 4.78 is 13.4. The number of unbranched alkanes of at least 4 members (excludes halogenated alkanes) is 1. The Morgan fingerprint density at radius 2 is 1.94 bits per heavy atom. The molecular weight excluding hydrogens is 233 g/mol. The summed E-state index contributed by atoms with van der Waals surface area (Å²) >= 11 is 1.61. The second kappa shape index (κ2) is 8.54. The van der Waals surface area contributed by atoms with E-state index in [1.807, 2.05) is 12.1 Å². The zero-order chi connectivity index (χ0) is 12.5. The molecule has 1 rings (SSSR count). The molecule has 0 atom stereocenters. The van der Waals surface area contributed by atoms with Gasteiger partial charge in [0.2, 0.25) is 0 Å². The Bertz CT molecular complexity index is 317. The molecule has 0 unspecified atom stereocenters. The molecule has 0 radical (unpaired) electrons. The van der Waals surface area contributed by atoms with Gasteiger partial charge in [-0.05, 0) is 31.6 Å². The average molecular weight is 255 g/mol. The lowest BCUT2D eigenvalue weighted by molar-refractivity contribution is 0.301. The van der Waals surface area contributed by atoms with Crippen LogP contribution in [-0.2, 0) is 0 Å². The number of benzene rings is 1. The molecule has 17 heavy (non-hydrogen) atoms. The van der Waals surface area contributed by atoms with Crippen LogP contribution < -0.4 is 0 Å². The molecule has 0 aliphatic rings. The molecule has 0 heterocycles. The fraction of sp³-hybridized carbons (Fsp3) is 0.571. The normalized spacial score (nSPS) is 11.1. The van der Waals surface area contributed by atoms with E-state index < -0.39 is 0 Å². The Labute approximate surface area is 108 Å². The molecule has 0 N–H and O–H groups in total. The molecule has 0 amide bonds. The van der Waals surface area contributed by atoms with E-state index in [9.17, 15) is 4.39 Å². The number of nitrogens with zero attached hydrogens (tertiary/aromatic N) is 1. The molecule has 0 spiro atoms. The molecule has 0 aromatic heterocycles. The van der Waals surface area contributed by atoms with E-state index >= 15 is 0 Å². The van der Waals surface area contributed by atoms with Gasteiger partial charge >= 0.3 is 0 Å². The van der Waals surface area contributed by atoms with Crippen molar-refractivity contribution in [1.82, 2.24) is 4.90 Å². The van der Waals surface area contributed by atoms with Gasteiger partial charge in [-0.1, -0.05) is 32.4 Å². The van der Waals surface area contributed by atoms with Gasteiger partial charge in [-0.15, -0.1) is 11.8 Å². The van der Waals surface area contributed by atoms with E-state index in [4.69, 9.17) is 0 Å². The van der Waals surface area contributed by atoms with Gasteiger partial charge in [0.05, 0.1) is 0 Å². The predicted octanol–water partition coefficient (Wildman–Crippen LogP) is 4.04. The van der Waals surface area contributed by atoms with Crippen LogP contribution in [0.2, 0.25) is 0 Å². The van der Waals surface area contributed by atoms with Gasteiger partial charge < -0.3 is 4.90 Å². The van der Waals surface area contributed by atoms with Crippen LogP contribution in [-0.4, -0.2) is 30.3 Å². The SMILES string of the molecule is CCCCN(CC)CCSc1ccccc1F. The van der Waals surface area contributed by atoms with Crippen molar-refractivity contribution >= 4 is 11.8 Å². The van der Waals surface area contributed by atoms with Crippen molar-refractivity contribution in [3.8, 4) is 0 Å². The molecule has 1 aromatic rings. The fourth-order valence-corrected chi connectivity index (χ4v) is 2.61. The quantitative estimate of drug-likeness (QED) is 0.645. The topological polar surface area (TPSA) is 3.24 Å². The third-order valence-electron chi connectivity index (χ3n) is 2.78. The molecule has 0 saturated carbocycles. The highest BCUT2D eigenvalue weighted by Gasteiger charge is 2.04. The van der Waals surface area contributed by atoms with Crippen LogP contribution in [0.1, 0.15) is 26.7 Å². The zero-order valence-corrected chi connectivity index (χ0v) is 11.6. The maximum absolute atomic E-state index is 13.4. The largest absolute Gasteiger partial charge is 0.303 e.